The summed E-state index contributed by atoms with van der Waals surface area (Å²) in [5, 5.41) is 2.94. The standard InChI is InChI=1S/C13H19N3O3/c1-16(2)12(17)8-10(13(14)18)15-9-6-4-5-7-11(9)19-3/h4-7,10,15H,8H2,1-3H3,(H2,14,18). The molecule has 0 saturated carbocycles. The number of ether oxygens (including phenoxy) is 1. The Morgan fingerprint density at radius 3 is 2.53 bits per heavy atom. The Kier molecular flexibility index (Phi) is 5.17. The molecular weight excluding hydrogens is 246 g/mol. The number of benzene rings is 1. The highest BCUT2D eigenvalue weighted by atomic mass is 16.5. The fourth-order valence-electron chi connectivity index (χ4n) is 1.53. The summed E-state index contributed by atoms with van der Waals surface area (Å²) in [7, 11) is 4.79. The van der Waals surface area contributed by atoms with Crippen LogP contribution >= 0.6 is 0 Å². The lowest BCUT2D eigenvalue weighted by molar-refractivity contribution is -0.131. The van der Waals surface area contributed by atoms with Gasteiger partial charge >= 0.3 is 0 Å². The zero-order chi connectivity index (χ0) is 14.4. The lowest BCUT2D eigenvalue weighted by atomic mass is 10.1. The molecule has 1 unspecified atom stereocenters. The molecule has 0 saturated heterocycles. The second-order valence-electron chi connectivity index (χ2n) is 4.29. The SMILES string of the molecule is COc1ccccc1NC(CC(=O)N(C)C)C(N)=O. The first-order valence-electron chi connectivity index (χ1n) is 5.84. The molecule has 6 heteroatoms. The van der Waals surface area contributed by atoms with E-state index in [2.05, 4.69) is 5.32 Å². The van der Waals surface area contributed by atoms with Crippen molar-refractivity contribution >= 4 is 17.5 Å². The van der Waals surface area contributed by atoms with Crippen molar-refractivity contribution in [3.63, 3.8) is 0 Å². The number of nitrogens with one attached hydrogen (secondary N) is 1. The Bertz CT molecular complexity index is 460. The van der Waals surface area contributed by atoms with Crippen molar-refractivity contribution in [1.29, 1.82) is 0 Å². The number of nitrogens with two attached hydrogens (primary N) is 1. The lowest BCUT2D eigenvalue weighted by Crippen LogP contribution is -2.40. The number of methoxy groups -OCH3 is 1. The molecular formula is C13H19N3O3. The first kappa shape index (κ1) is 14.8. The van der Waals surface area contributed by atoms with Crippen LogP contribution in [-0.2, 0) is 9.59 Å². The number of para-hydroxylation sites is 2. The molecule has 2 amide bonds. The molecule has 0 aliphatic carbocycles. The quantitative estimate of drug-likeness (QED) is 0.781. The Balaban J connectivity index is 2.84. The Morgan fingerprint density at radius 1 is 1.37 bits per heavy atom. The zero-order valence-electron chi connectivity index (χ0n) is 11.3. The van der Waals surface area contributed by atoms with Gasteiger partial charge in [0, 0.05) is 14.1 Å². The number of hydrogen-bond donors (Lipinski definition) is 2. The van der Waals surface area contributed by atoms with E-state index in [9.17, 15) is 9.59 Å². The molecule has 0 heterocycles. The monoisotopic (exact) mass is 265 g/mol. The van der Waals surface area contributed by atoms with E-state index in [0.717, 1.165) is 0 Å². The molecule has 1 atom stereocenters. The maximum atomic E-state index is 11.6. The zero-order valence-corrected chi connectivity index (χ0v) is 11.3. The van der Waals surface area contributed by atoms with Crippen LogP contribution < -0.4 is 15.8 Å². The lowest BCUT2D eigenvalue weighted by Gasteiger charge is -2.19. The maximum Gasteiger partial charge on any atom is 0.240 e. The van der Waals surface area contributed by atoms with Crippen LogP contribution in [0, 0.1) is 0 Å². The van der Waals surface area contributed by atoms with Crippen LogP contribution in [0.5, 0.6) is 5.75 Å². The van der Waals surface area contributed by atoms with Crippen molar-refractivity contribution in [2.24, 2.45) is 5.73 Å². The summed E-state index contributed by atoms with van der Waals surface area (Å²) in [5.74, 6) is -0.168. The van der Waals surface area contributed by atoms with Crippen molar-refractivity contribution in [3.8, 4) is 5.75 Å². The van der Waals surface area contributed by atoms with Gasteiger partial charge in [0.05, 0.1) is 19.2 Å². The molecule has 0 spiro atoms. The molecule has 6 nitrogen and oxygen atoms in total. The Hall–Kier alpha value is -2.24. The van der Waals surface area contributed by atoms with E-state index in [1.54, 1.807) is 32.3 Å². The van der Waals surface area contributed by atoms with Gasteiger partial charge in [-0.05, 0) is 12.1 Å². The molecule has 1 aromatic rings. The molecule has 104 valence electrons. The first-order valence-corrected chi connectivity index (χ1v) is 5.84. The van der Waals surface area contributed by atoms with Crippen LogP contribution in [0.4, 0.5) is 5.69 Å². The van der Waals surface area contributed by atoms with Gasteiger partial charge in [-0.15, -0.1) is 0 Å². The van der Waals surface area contributed by atoms with Crippen molar-refractivity contribution < 1.29 is 14.3 Å². The van der Waals surface area contributed by atoms with E-state index in [-0.39, 0.29) is 12.3 Å². The molecule has 1 aromatic carbocycles. The largest absolute Gasteiger partial charge is 0.495 e. The summed E-state index contributed by atoms with van der Waals surface area (Å²) >= 11 is 0. The minimum absolute atomic E-state index is 0.000379. The predicted octanol–water partition coefficient (Wildman–Crippen LogP) is 0.439. The van der Waals surface area contributed by atoms with E-state index in [0.29, 0.717) is 11.4 Å². The molecule has 0 aromatic heterocycles. The highest BCUT2D eigenvalue weighted by Gasteiger charge is 2.21. The van der Waals surface area contributed by atoms with E-state index in [1.807, 2.05) is 6.07 Å². The van der Waals surface area contributed by atoms with Gasteiger partial charge in [0.1, 0.15) is 11.8 Å². The topological polar surface area (TPSA) is 84.7 Å². The van der Waals surface area contributed by atoms with Crippen LogP contribution in [0.1, 0.15) is 6.42 Å². The van der Waals surface area contributed by atoms with Gasteiger partial charge in [-0.2, -0.15) is 0 Å². The molecule has 1 rings (SSSR count). The van der Waals surface area contributed by atoms with Crippen LogP contribution in [0.2, 0.25) is 0 Å². The molecule has 3 N–H and O–H groups in total. The summed E-state index contributed by atoms with van der Waals surface area (Å²) in [5.41, 5.74) is 5.94. The first-order chi connectivity index (χ1) is 8.95. The van der Waals surface area contributed by atoms with Crippen LogP contribution in [0.3, 0.4) is 0 Å². The second kappa shape index (κ2) is 6.63. The van der Waals surface area contributed by atoms with Gasteiger partial charge in [0.2, 0.25) is 11.8 Å². The van der Waals surface area contributed by atoms with Gasteiger partial charge in [0.25, 0.3) is 0 Å². The minimum Gasteiger partial charge on any atom is -0.495 e. The van der Waals surface area contributed by atoms with Crippen molar-refractivity contribution in [2.75, 3.05) is 26.5 Å². The number of amides is 2. The van der Waals surface area contributed by atoms with Gasteiger partial charge in [-0.3, -0.25) is 9.59 Å². The van der Waals surface area contributed by atoms with E-state index < -0.39 is 11.9 Å². The average molecular weight is 265 g/mol. The molecule has 0 aliphatic heterocycles. The fourth-order valence-corrected chi connectivity index (χ4v) is 1.53. The van der Waals surface area contributed by atoms with Crippen molar-refractivity contribution in [1.82, 2.24) is 4.90 Å². The number of anilines is 1. The third-order valence-electron chi connectivity index (χ3n) is 2.66. The smallest absolute Gasteiger partial charge is 0.240 e. The molecule has 19 heavy (non-hydrogen) atoms. The highest BCUT2D eigenvalue weighted by molar-refractivity contribution is 5.89. The van der Waals surface area contributed by atoms with E-state index in [1.165, 1.54) is 12.0 Å². The van der Waals surface area contributed by atoms with Crippen molar-refractivity contribution in [3.05, 3.63) is 24.3 Å². The van der Waals surface area contributed by atoms with Gasteiger partial charge in [-0.25, -0.2) is 0 Å². The summed E-state index contributed by atoms with van der Waals surface area (Å²) in [6.07, 6.45) is 0.000379. The Morgan fingerprint density at radius 2 is 2.00 bits per heavy atom. The molecule has 0 fully saturated rings. The van der Waals surface area contributed by atoms with Crippen molar-refractivity contribution in [2.45, 2.75) is 12.5 Å². The summed E-state index contributed by atoms with van der Waals surface area (Å²) < 4.78 is 5.17. The third-order valence-corrected chi connectivity index (χ3v) is 2.66. The fraction of sp³-hybridized carbons (Fsp3) is 0.385. The second-order valence-corrected chi connectivity index (χ2v) is 4.29. The molecule has 0 bridgehead atoms. The normalized spacial score (nSPS) is 11.5. The van der Waals surface area contributed by atoms with Crippen LogP contribution in [0.15, 0.2) is 24.3 Å². The van der Waals surface area contributed by atoms with Gasteiger partial charge in [0.15, 0.2) is 0 Å². The molecule has 0 aliphatic rings. The number of primary amides is 1. The van der Waals surface area contributed by atoms with Crippen LogP contribution in [0.25, 0.3) is 0 Å². The number of hydrogen-bond acceptors (Lipinski definition) is 4. The summed E-state index contributed by atoms with van der Waals surface area (Å²) in [4.78, 5) is 24.5. The average Bonchev–Trinajstić information content (AvgIpc) is 2.38. The molecule has 0 radical (unpaired) electrons. The van der Waals surface area contributed by atoms with Gasteiger partial charge < -0.3 is 20.7 Å². The Labute approximate surface area is 112 Å². The van der Waals surface area contributed by atoms with Crippen LogP contribution in [-0.4, -0.2) is 44.0 Å². The minimum atomic E-state index is -0.772. The number of carbonyl (C=O) groups excluding carboxylic acids is 2. The number of carbonyl (C=O) groups is 2. The third kappa shape index (κ3) is 4.17. The van der Waals surface area contributed by atoms with E-state index >= 15 is 0 Å². The number of rotatable bonds is 6. The predicted molar refractivity (Wildman–Crippen MR) is 72.9 cm³/mol. The van der Waals surface area contributed by atoms with Gasteiger partial charge in [-0.1, -0.05) is 12.1 Å². The van der Waals surface area contributed by atoms with E-state index in [4.69, 9.17) is 10.5 Å². The summed E-state index contributed by atoms with van der Waals surface area (Å²) in [6, 6.07) is 6.36. The maximum absolute atomic E-state index is 11.6. The summed E-state index contributed by atoms with van der Waals surface area (Å²) in [6.45, 7) is 0. The number of nitrogens with zero attached hydrogens (tertiary/aromatic N) is 1. The highest BCUT2D eigenvalue weighted by Crippen LogP contribution is 2.24.